The molecule has 1 heterocycles. The molecule has 84 valence electrons. The standard InChI is InChI=1S/C9H16N4O2/c1-2-7-6-13(12-11-7)5-3-4-8(10)9(14)15/h6,8H,2-5,10H2,1H3,(H,14,15)/t8-/m0/s1. The van der Waals surface area contributed by atoms with Gasteiger partial charge in [-0.05, 0) is 19.3 Å². The summed E-state index contributed by atoms with van der Waals surface area (Å²) in [4.78, 5) is 10.4. The van der Waals surface area contributed by atoms with Crippen molar-refractivity contribution in [3.8, 4) is 0 Å². The normalized spacial score (nSPS) is 12.7. The van der Waals surface area contributed by atoms with Gasteiger partial charge in [0, 0.05) is 12.7 Å². The maximum atomic E-state index is 10.4. The summed E-state index contributed by atoms with van der Waals surface area (Å²) in [5, 5.41) is 16.4. The smallest absolute Gasteiger partial charge is 0.320 e. The van der Waals surface area contributed by atoms with Gasteiger partial charge in [0.2, 0.25) is 0 Å². The van der Waals surface area contributed by atoms with Crippen LogP contribution in [0, 0.1) is 0 Å². The minimum atomic E-state index is -0.956. The van der Waals surface area contributed by atoms with Crippen molar-refractivity contribution in [1.29, 1.82) is 0 Å². The van der Waals surface area contributed by atoms with Crippen LogP contribution in [0.2, 0.25) is 0 Å². The number of rotatable bonds is 6. The number of carboxylic acids is 1. The van der Waals surface area contributed by atoms with Crippen molar-refractivity contribution in [2.75, 3.05) is 0 Å². The summed E-state index contributed by atoms with van der Waals surface area (Å²) in [6.07, 6.45) is 3.87. The summed E-state index contributed by atoms with van der Waals surface area (Å²) < 4.78 is 1.72. The van der Waals surface area contributed by atoms with Gasteiger partial charge >= 0.3 is 5.97 Å². The maximum Gasteiger partial charge on any atom is 0.320 e. The van der Waals surface area contributed by atoms with E-state index in [0.29, 0.717) is 19.4 Å². The third-order valence-corrected chi connectivity index (χ3v) is 2.17. The SMILES string of the molecule is CCc1cn(CCC[C@H](N)C(=O)O)nn1. The molecule has 1 aromatic rings. The molecule has 0 spiro atoms. The van der Waals surface area contributed by atoms with Gasteiger partial charge in [-0.3, -0.25) is 9.48 Å². The largest absolute Gasteiger partial charge is 0.480 e. The molecule has 0 aliphatic heterocycles. The highest BCUT2D eigenvalue weighted by molar-refractivity contribution is 5.72. The second kappa shape index (κ2) is 5.45. The molecule has 0 bridgehead atoms. The minimum Gasteiger partial charge on any atom is -0.480 e. The van der Waals surface area contributed by atoms with Crippen molar-refractivity contribution >= 4 is 5.97 Å². The Balaban J connectivity index is 2.28. The van der Waals surface area contributed by atoms with Crippen molar-refractivity contribution in [2.45, 2.75) is 38.8 Å². The fourth-order valence-corrected chi connectivity index (χ4v) is 1.21. The molecule has 0 radical (unpaired) electrons. The fraction of sp³-hybridized carbons (Fsp3) is 0.667. The lowest BCUT2D eigenvalue weighted by molar-refractivity contribution is -0.138. The lowest BCUT2D eigenvalue weighted by Crippen LogP contribution is -2.30. The highest BCUT2D eigenvalue weighted by Crippen LogP contribution is 1.99. The van der Waals surface area contributed by atoms with Crippen molar-refractivity contribution < 1.29 is 9.90 Å². The quantitative estimate of drug-likeness (QED) is 0.694. The Kier molecular flexibility index (Phi) is 4.23. The van der Waals surface area contributed by atoms with Crippen LogP contribution in [0.15, 0.2) is 6.20 Å². The Labute approximate surface area is 88.1 Å². The van der Waals surface area contributed by atoms with Gasteiger partial charge in [0.15, 0.2) is 0 Å². The number of aromatic nitrogens is 3. The van der Waals surface area contributed by atoms with E-state index in [0.717, 1.165) is 12.1 Å². The first-order chi connectivity index (χ1) is 7.13. The fourth-order valence-electron chi connectivity index (χ4n) is 1.21. The first kappa shape index (κ1) is 11.6. The lowest BCUT2D eigenvalue weighted by Gasteiger charge is -2.05. The molecule has 3 N–H and O–H groups in total. The average molecular weight is 212 g/mol. The molecule has 0 aromatic carbocycles. The van der Waals surface area contributed by atoms with Gasteiger partial charge < -0.3 is 10.8 Å². The molecular formula is C9H16N4O2. The van der Waals surface area contributed by atoms with Gasteiger partial charge in [-0.25, -0.2) is 0 Å². The van der Waals surface area contributed by atoms with Crippen LogP contribution >= 0.6 is 0 Å². The van der Waals surface area contributed by atoms with Gasteiger partial charge in [-0.1, -0.05) is 12.1 Å². The van der Waals surface area contributed by atoms with Crippen LogP contribution in [-0.2, 0) is 17.8 Å². The van der Waals surface area contributed by atoms with E-state index in [1.165, 1.54) is 0 Å². The zero-order chi connectivity index (χ0) is 11.3. The predicted octanol–water partition coefficient (Wildman–Crippen LogP) is 0.0326. The highest BCUT2D eigenvalue weighted by atomic mass is 16.4. The zero-order valence-electron chi connectivity index (χ0n) is 8.76. The molecule has 0 saturated heterocycles. The molecule has 6 nitrogen and oxygen atoms in total. The number of hydrogen-bond donors (Lipinski definition) is 2. The molecular weight excluding hydrogens is 196 g/mol. The second-order valence-electron chi connectivity index (χ2n) is 3.41. The van der Waals surface area contributed by atoms with Crippen LogP contribution in [0.5, 0.6) is 0 Å². The Morgan fingerprint density at radius 1 is 1.73 bits per heavy atom. The molecule has 0 unspecified atom stereocenters. The van der Waals surface area contributed by atoms with Crippen molar-refractivity contribution in [3.63, 3.8) is 0 Å². The molecule has 1 aromatic heterocycles. The Morgan fingerprint density at radius 3 is 3.00 bits per heavy atom. The van der Waals surface area contributed by atoms with E-state index in [9.17, 15) is 4.79 Å². The van der Waals surface area contributed by atoms with Crippen molar-refractivity contribution in [2.24, 2.45) is 5.73 Å². The monoisotopic (exact) mass is 212 g/mol. The first-order valence-corrected chi connectivity index (χ1v) is 5.01. The van der Waals surface area contributed by atoms with Crippen LogP contribution in [0.3, 0.4) is 0 Å². The van der Waals surface area contributed by atoms with Crippen LogP contribution in [0.25, 0.3) is 0 Å². The summed E-state index contributed by atoms with van der Waals surface area (Å²) in [5.41, 5.74) is 6.31. The van der Waals surface area contributed by atoms with Crippen molar-refractivity contribution in [1.82, 2.24) is 15.0 Å². The van der Waals surface area contributed by atoms with E-state index in [1.807, 2.05) is 13.1 Å². The lowest BCUT2D eigenvalue weighted by atomic mass is 10.2. The predicted molar refractivity (Wildman–Crippen MR) is 54.2 cm³/mol. The number of carbonyl (C=O) groups is 1. The summed E-state index contributed by atoms with van der Waals surface area (Å²) in [7, 11) is 0. The summed E-state index contributed by atoms with van der Waals surface area (Å²) >= 11 is 0. The molecule has 6 heteroatoms. The Bertz CT molecular complexity index is 324. The molecule has 0 aliphatic rings. The van der Waals surface area contributed by atoms with E-state index in [1.54, 1.807) is 4.68 Å². The molecule has 15 heavy (non-hydrogen) atoms. The van der Waals surface area contributed by atoms with Gasteiger partial charge in [-0.15, -0.1) is 5.10 Å². The molecule has 0 saturated carbocycles. The molecule has 0 aliphatic carbocycles. The first-order valence-electron chi connectivity index (χ1n) is 5.01. The van der Waals surface area contributed by atoms with Crippen LogP contribution in [0.4, 0.5) is 0 Å². The van der Waals surface area contributed by atoms with Crippen LogP contribution < -0.4 is 5.73 Å². The van der Waals surface area contributed by atoms with Gasteiger partial charge in [0.25, 0.3) is 0 Å². The summed E-state index contributed by atoms with van der Waals surface area (Å²) in [6.45, 7) is 2.67. The molecule has 0 amide bonds. The van der Waals surface area contributed by atoms with E-state index in [-0.39, 0.29) is 0 Å². The van der Waals surface area contributed by atoms with Gasteiger partial charge in [0.1, 0.15) is 6.04 Å². The topological polar surface area (TPSA) is 94.0 Å². The second-order valence-corrected chi connectivity index (χ2v) is 3.41. The number of carboxylic acid groups (broad SMARTS) is 1. The molecule has 1 atom stereocenters. The molecule has 1 rings (SSSR count). The minimum absolute atomic E-state index is 0.455. The van der Waals surface area contributed by atoms with E-state index >= 15 is 0 Å². The number of nitrogens with two attached hydrogens (primary N) is 1. The highest BCUT2D eigenvalue weighted by Gasteiger charge is 2.10. The zero-order valence-corrected chi connectivity index (χ0v) is 8.76. The number of aryl methyl sites for hydroxylation is 2. The number of hydrogen-bond acceptors (Lipinski definition) is 4. The van der Waals surface area contributed by atoms with E-state index in [2.05, 4.69) is 10.3 Å². The van der Waals surface area contributed by atoms with E-state index < -0.39 is 12.0 Å². The Hall–Kier alpha value is -1.43. The van der Waals surface area contributed by atoms with Gasteiger partial charge in [-0.2, -0.15) is 0 Å². The third-order valence-electron chi connectivity index (χ3n) is 2.17. The van der Waals surface area contributed by atoms with Crippen molar-refractivity contribution in [3.05, 3.63) is 11.9 Å². The van der Waals surface area contributed by atoms with E-state index in [4.69, 9.17) is 10.8 Å². The number of aliphatic carboxylic acids is 1. The summed E-state index contributed by atoms with van der Waals surface area (Å²) in [5.74, 6) is -0.956. The average Bonchev–Trinajstić information content (AvgIpc) is 2.65. The Morgan fingerprint density at radius 2 is 2.47 bits per heavy atom. The molecule has 0 fully saturated rings. The third kappa shape index (κ3) is 3.67. The maximum absolute atomic E-state index is 10.4. The van der Waals surface area contributed by atoms with Crippen LogP contribution in [0.1, 0.15) is 25.5 Å². The summed E-state index contributed by atoms with van der Waals surface area (Å²) in [6, 6.07) is -0.779. The van der Waals surface area contributed by atoms with Crippen LogP contribution in [-0.4, -0.2) is 32.1 Å². The number of nitrogens with zero attached hydrogens (tertiary/aromatic N) is 3. The van der Waals surface area contributed by atoms with Gasteiger partial charge in [0.05, 0.1) is 5.69 Å².